The highest BCUT2D eigenvalue weighted by atomic mass is 16.5. The summed E-state index contributed by atoms with van der Waals surface area (Å²) in [6, 6.07) is 3.10. The number of rotatable bonds is 10. The molecular weight excluding hydrogens is 616 g/mol. The summed E-state index contributed by atoms with van der Waals surface area (Å²) in [5.74, 6) is -0.824. The van der Waals surface area contributed by atoms with Crippen molar-refractivity contribution in [2.24, 2.45) is 0 Å². The van der Waals surface area contributed by atoms with Crippen LogP contribution in [0.1, 0.15) is 56.6 Å². The number of phenolic OH excluding ortho intramolecular Hbond substituents is 1. The molecule has 8 rings (SSSR count). The Morgan fingerprint density at radius 1 is 0.792 bits per heavy atom. The first-order valence-electron chi connectivity index (χ1n) is 16.0. The summed E-state index contributed by atoms with van der Waals surface area (Å²) in [6.45, 7) is 2.90. The molecule has 0 bridgehead atoms. The number of ether oxygens (including phenoxy) is 3. The molecule has 1 atom stereocenters. The van der Waals surface area contributed by atoms with E-state index in [1.54, 1.807) is 19.1 Å². The lowest BCUT2D eigenvalue weighted by atomic mass is 9.80. The minimum Gasteiger partial charge on any atom is -0.507 e. The summed E-state index contributed by atoms with van der Waals surface area (Å²) >= 11 is 0. The van der Waals surface area contributed by atoms with Crippen molar-refractivity contribution in [1.29, 1.82) is 0 Å². The van der Waals surface area contributed by atoms with Crippen LogP contribution in [0.3, 0.4) is 0 Å². The van der Waals surface area contributed by atoms with Crippen molar-refractivity contribution in [3.8, 4) is 23.0 Å². The number of anilines is 2. The molecule has 5 N–H and O–H groups in total. The second-order valence-electron chi connectivity index (χ2n) is 13.7. The van der Waals surface area contributed by atoms with Gasteiger partial charge in [-0.15, -0.1) is 0 Å². The van der Waals surface area contributed by atoms with Crippen molar-refractivity contribution in [2.75, 3.05) is 45.2 Å². The van der Waals surface area contributed by atoms with Gasteiger partial charge in [-0.25, -0.2) is 0 Å². The number of aliphatic hydroxyl groups is 2. The van der Waals surface area contributed by atoms with E-state index >= 15 is 0 Å². The number of Topliss-reactive ketones (excluding diaryl/α,β-unsaturated/α-hetero) is 1. The van der Waals surface area contributed by atoms with Crippen LogP contribution in [0.4, 0.5) is 11.4 Å². The van der Waals surface area contributed by atoms with Gasteiger partial charge in [0.25, 0.3) is 0 Å². The van der Waals surface area contributed by atoms with E-state index < -0.39 is 27.9 Å². The molecule has 0 heterocycles. The van der Waals surface area contributed by atoms with Crippen LogP contribution in [0.25, 0.3) is 49.2 Å². The topological polar surface area (TPSA) is 164 Å². The molecule has 3 aliphatic rings. The van der Waals surface area contributed by atoms with Gasteiger partial charge >= 0.3 is 0 Å². The third-order valence-corrected chi connectivity index (χ3v) is 10.8. The monoisotopic (exact) mass is 652 g/mol. The number of hydrogen-bond acceptors (Lipinski definition) is 11. The number of aliphatic hydroxyl groups excluding tert-OH is 2. The maximum atomic E-state index is 14.8. The standard InChI is InChI=1S/C37H36N2O9/c1-15-10-17-23-28-25(33(44)32(17)39-37(14-41)8-9-37)19(43)12-21(47-4)27(28)26-20(46-3)11-18(38-36(13-40)6-7-36)24-30(26)29(23)31(22(15)16(2)42)35(48-5)34(24)45/h10-12,22,38-41,43H,6-9,13-14H2,1-5H3. The Labute approximate surface area is 274 Å². The number of benzene rings is 5. The molecule has 3 aliphatic carbocycles. The maximum absolute atomic E-state index is 14.8. The van der Waals surface area contributed by atoms with Crippen molar-refractivity contribution in [1.82, 2.24) is 0 Å². The Morgan fingerprint density at radius 3 is 1.92 bits per heavy atom. The molecule has 1 unspecified atom stereocenters. The molecule has 0 spiro atoms. The Bertz CT molecular complexity index is 2390. The van der Waals surface area contributed by atoms with E-state index in [2.05, 4.69) is 10.6 Å². The zero-order chi connectivity index (χ0) is 34.0. The SMILES string of the molecule is COc1c2c3c4c(c(NC5(CO)CC5)c(=O)c5c(O)cc(OC)c(c6c(OC)cc(NC7(CO)CC7)c(c1=O)c63)c54)C=C(C)C2C(C)=O. The smallest absolute Gasteiger partial charge is 0.230 e. The second kappa shape index (κ2) is 10.1. The van der Waals surface area contributed by atoms with Crippen LogP contribution in [-0.2, 0) is 4.79 Å². The van der Waals surface area contributed by atoms with Gasteiger partial charge in [0.2, 0.25) is 10.9 Å². The fraction of sp³-hybridized carbons (Fsp3) is 0.378. The van der Waals surface area contributed by atoms with E-state index in [4.69, 9.17) is 14.2 Å². The molecule has 0 aromatic heterocycles. The third-order valence-electron chi connectivity index (χ3n) is 10.8. The van der Waals surface area contributed by atoms with E-state index in [1.165, 1.54) is 34.3 Å². The summed E-state index contributed by atoms with van der Waals surface area (Å²) in [7, 11) is 4.36. The van der Waals surface area contributed by atoms with Gasteiger partial charge in [0, 0.05) is 50.2 Å². The lowest BCUT2D eigenvalue weighted by molar-refractivity contribution is -0.117. The molecule has 0 aliphatic heterocycles. The fourth-order valence-corrected chi connectivity index (χ4v) is 8.00. The Hall–Kier alpha value is -4.87. The number of methoxy groups -OCH3 is 3. The largest absolute Gasteiger partial charge is 0.507 e. The molecule has 0 radical (unpaired) electrons. The first kappa shape index (κ1) is 30.5. The van der Waals surface area contributed by atoms with E-state index in [0.29, 0.717) is 86.1 Å². The van der Waals surface area contributed by atoms with Gasteiger partial charge in [0.05, 0.1) is 73.7 Å². The lowest BCUT2D eigenvalue weighted by Crippen LogP contribution is -2.29. The average molecular weight is 653 g/mol. The Morgan fingerprint density at radius 2 is 1.38 bits per heavy atom. The van der Waals surface area contributed by atoms with Gasteiger partial charge in [-0.2, -0.15) is 0 Å². The van der Waals surface area contributed by atoms with Crippen molar-refractivity contribution in [3.63, 3.8) is 0 Å². The highest BCUT2D eigenvalue weighted by Gasteiger charge is 2.45. The fourth-order valence-electron chi connectivity index (χ4n) is 8.00. The second-order valence-corrected chi connectivity index (χ2v) is 13.7. The van der Waals surface area contributed by atoms with Gasteiger partial charge in [-0.1, -0.05) is 11.6 Å². The van der Waals surface area contributed by atoms with Gasteiger partial charge < -0.3 is 40.2 Å². The zero-order valence-electron chi connectivity index (χ0n) is 27.3. The minimum absolute atomic E-state index is 0.00948. The van der Waals surface area contributed by atoms with Gasteiger partial charge in [0.15, 0.2) is 5.75 Å². The average Bonchev–Trinajstić information content (AvgIpc) is 4.00. The van der Waals surface area contributed by atoms with Crippen molar-refractivity contribution < 1.29 is 34.3 Å². The normalized spacial score (nSPS) is 18.7. The number of hydrogen-bond donors (Lipinski definition) is 5. The Kier molecular flexibility index (Phi) is 6.39. The summed E-state index contributed by atoms with van der Waals surface area (Å²) in [6.07, 6.45) is 4.49. The van der Waals surface area contributed by atoms with Crippen LogP contribution >= 0.6 is 0 Å². The van der Waals surface area contributed by atoms with E-state index in [0.717, 1.165) is 0 Å². The molecule has 2 fully saturated rings. The summed E-state index contributed by atoms with van der Waals surface area (Å²) < 4.78 is 17.8. The summed E-state index contributed by atoms with van der Waals surface area (Å²) in [5.41, 5.74) is -0.187. The zero-order valence-corrected chi connectivity index (χ0v) is 27.3. The van der Waals surface area contributed by atoms with Crippen molar-refractivity contribution in [3.05, 3.63) is 49.3 Å². The van der Waals surface area contributed by atoms with Gasteiger partial charge in [-0.05, 0) is 44.9 Å². The van der Waals surface area contributed by atoms with E-state index in [1.807, 2.05) is 0 Å². The quantitative estimate of drug-likeness (QED) is 0.106. The van der Waals surface area contributed by atoms with Crippen LogP contribution in [0, 0.1) is 0 Å². The number of nitrogens with one attached hydrogen (secondary N) is 2. The summed E-state index contributed by atoms with van der Waals surface area (Å²) in [4.78, 5) is 43.0. The highest BCUT2D eigenvalue weighted by Crippen LogP contribution is 2.57. The molecule has 11 nitrogen and oxygen atoms in total. The van der Waals surface area contributed by atoms with E-state index in [9.17, 15) is 29.7 Å². The van der Waals surface area contributed by atoms with Crippen molar-refractivity contribution >= 4 is 66.3 Å². The van der Waals surface area contributed by atoms with Crippen molar-refractivity contribution in [2.45, 2.75) is 56.5 Å². The molecule has 48 heavy (non-hydrogen) atoms. The van der Waals surface area contributed by atoms with Crippen LogP contribution in [-0.4, -0.2) is 66.7 Å². The number of aromatic hydroxyl groups is 1. The number of fused-ring (bicyclic) bond motifs is 1. The third kappa shape index (κ3) is 3.85. The van der Waals surface area contributed by atoms with E-state index in [-0.39, 0.29) is 52.7 Å². The van der Waals surface area contributed by atoms with Crippen LogP contribution < -0.4 is 35.7 Å². The number of phenols is 1. The van der Waals surface area contributed by atoms with Crippen LogP contribution in [0.2, 0.25) is 0 Å². The lowest BCUT2D eigenvalue weighted by Gasteiger charge is -2.27. The molecule has 5 aromatic carbocycles. The predicted octanol–water partition coefficient (Wildman–Crippen LogP) is 4.59. The maximum Gasteiger partial charge on any atom is 0.230 e. The molecule has 2 saturated carbocycles. The molecular formula is C37H36N2O9. The Balaban J connectivity index is 1.74. The number of allylic oxidation sites excluding steroid dienone is 1. The molecule has 11 heteroatoms. The number of ketones is 1. The predicted molar refractivity (Wildman–Crippen MR) is 185 cm³/mol. The molecule has 0 saturated heterocycles. The number of carbonyl (C=O) groups is 1. The van der Waals surface area contributed by atoms with Gasteiger partial charge in [-0.3, -0.25) is 14.4 Å². The first-order chi connectivity index (χ1) is 23.0. The van der Waals surface area contributed by atoms with Crippen LogP contribution in [0.5, 0.6) is 23.0 Å². The minimum atomic E-state index is -0.909. The van der Waals surface area contributed by atoms with Crippen LogP contribution in [0.15, 0.2) is 27.3 Å². The highest BCUT2D eigenvalue weighted by molar-refractivity contribution is 6.40. The summed E-state index contributed by atoms with van der Waals surface area (Å²) in [5, 5.41) is 42.0. The molecule has 248 valence electrons. The molecule has 5 aromatic rings. The number of carbonyl (C=O) groups excluding carboxylic acids is 1. The molecule has 0 amide bonds. The first-order valence-corrected chi connectivity index (χ1v) is 16.0. The van der Waals surface area contributed by atoms with Gasteiger partial charge in [0.1, 0.15) is 23.0 Å².